The van der Waals surface area contributed by atoms with Crippen molar-refractivity contribution in [2.45, 2.75) is 70.0 Å². The Balaban J connectivity index is 1.71. The van der Waals surface area contributed by atoms with Gasteiger partial charge < -0.3 is 10.2 Å². The summed E-state index contributed by atoms with van der Waals surface area (Å²) in [5.74, 6) is -0.822. The summed E-state index contributed by atoms with van der Waals surface area (Å²) in [4.78, 5) is 28.8. The van der Waals surface area contributed by atoms with E-state index in [1.165, 1.54) is 23.1 Å². The fourth-order valence-corrected chi connectivity index (χ4v) is 6.77. The lowest BCUT2D eigenvalue weighted by Gasteiger charge is -2.32. The number of halogens is 2. The van der Waals surface area contributed by atoms with E-state index in [0.717, 1.165) is 46.7 Å². The quantitative estimate of drug-likeness (QED) is 0.291. The molecule has 0 aromatic heterocycles. The van der Waals surface area contributed by atoms with E-state index in [0.29, 0.717) is 0 Å². The van der Waals surface area contributed by atoms with Crippen molar-refractivity contribution < 1.29 is 18.0 Å². The maximum Gasteiger partial charge on any atom is 0.264 e. The molecule has 0 heterocycles. The number of hydrogen-bond donors (Lipinski definition) is 1. The Morgan fingerprint density at radius 2 is 1.51 bits per heavy atom. The largest absolute Gasteiger partial charge is 0.352 e. The molecule has 41 heavy (non-hydrogen) atoms. The average Bonchev–Trinajstić information content (AvgIpc) is 3.46. The van der Waals surface area contributed by atoms with Crippen molar-refractivity contribution in [3.63, 3.8) is 0 Å². The minimum absolute atomic E-state index is 0.00375. The Hall–Kier alpha value is -3.07. The Bertz CT molecular complexity index is 1490. The monoisotopic (exact) mass is 615 g/mol. The molecule has 1 fully saturated rings. The first-order valence-corrected chi connectivity index (χ1v) is 15.9. The van der Waals surface area contributed by atoms with Crippen molar-refractivity contribution in [1.29, 1.82) is 0 Å². The first-order valence-electron chi connectivity index (χ1n) is 13.7. The maximum absolute atomic E-state index is 14.1. The zero-order chi connectivity index (χ0) is 29.7. The second kappa shape index (κ2) is 13.3. The van der Waals surface area contributed by atoms with Crippen LogP contribution in [0.5, 0.6) is 0 Å². The van der Waals surface area contributed by atoms with Gasteiger partial charge in [0.15, 0.2) is 0 Å². The Kier molecular flexibility index (Phi) is 10.00. The molecule has 1 unspecified atom stereocenters. The average molecular weight is 617 g/mol. The van der Waals surface area contributed by atoms with Crippen LogP contribution in [0.4, 0.5) is 5.69 Å². The summed E-state index contributed by atoms with van der Waals surface area (Å²) in [7, 11) is -4.24. The molecule has 218 valence electrons. The lowest BCUT2D eigenvalue weighted by molar-refractivity contribution is -0.139. The van der Waals surface area contributed by atoms with Crippen LogP contribution in [0, 0.1) is 13.8 Å². The van der Waals surface area contributed by atoms with Gasteiger partial charge in [-0.2, -0.15) is 0 Å². The highest BCUT2D eigenvalue weighted by molar-refractivity contribution is 7.92. The van der Waals surface area contributed by atoms with Gasteiger partial charge in [0.1, 0.15) is 12.6 Å². The number of carbonyl (C=O) groups is 2. The van der Waals surface area contributed by atoms with E-state index in [1.54, 1.807) is 31.2 Å². The number of nitrogens with one attached hydrogen (secondary N) is 1. The lowest BCUT2D eigenvalue weighted by Crippen LogP contribution is -2.52. The molecule has 1 aliphatic rings. The predicted octanol–water partition coefficient (Wildman–Crippen LogP) is 6.28. The molecule has 0 saturated heterocycles. The summed E-state index contributed by atoms with van der Waals surface area (Å²) in [6, 6.07) is 17.9. The summed E-state index contributed by atoms with van der Waals surface area (Å²) < 4.78 is 28.9. The minimum Gasteiger partial charge on any atom is -0.352 e. The van der Waals surface area contributed by atoms with Crippen LogP contribution < -0.4 is 9.62 Å². The predicted molar refractivity (Wildman–Crippen MR) is 164 cm³/mol. The first-order chi connectivity index (χ1) is 19.5. The van der Waals surface area contributed by atoms with Crippen LogP contribution in [0.1, 0.15) is 49.3 Å². The van der Waals surface area contributed by atoms with Gasteiger partial charge >= 0.3 is 0 Å². The summed E-state index contributed by atoms with van der Waals surface area (Å²) in [5, 5.41) is 3.23. The van der Waals surface area contributed by atoms with Gasteiger partial charge in [-0.15, -0.1) is 0 Å². The molecule has 4 rings (SSSR count). The number of nitrogens with zero attached hydrogens (tertiary/aromatic N) is 2. The fourth-order valence-electron chi connectivity index (χ4n) is 4.90. The summed E-state index contributed by atoms with van der Waals surface area (Å²) in [6.07, 6.45) is 3.91. The van der Waals surface area contributed by atoms with Crippen LogP contribution in [-0.4, -0.2) is 43.8 Å². The molecule has 0 spiro atoms. The van der Waals surface area contributed by atoms with Crippen LogP contribution in [0.3, 0.4) is 0 Å². The van der Waals surface area contributed by atoms with E-state index in [4.69, 9.17) is 23.2 Å². The molecule has 1 saturated carbocycles. The van der Waals surface area contributed by atoms with Crippen LogP contribution in [0.2, 0.25) is 10.0 Å². The molecular weight excluding hydrogens is 581 g/mol. The van der Waals surface area contributed by atoms with Gasteiger partial charge in [0.2, 0.25) is 11.8 Å². The molecule has 0 radical (unpaired) electrons. The standard InChI is InChI=1S/C31H35Cl2N3O4S/c1-21-11-15-24(16-12-21)19-35(23(3)31(38)34-25-7-4-5-8-25)29(37)20-36(28-10-6-9-27(32)30(28)33)41(39,40)26-17-13-22(2)14-18-26/h6,9-18,23,25H,4-5,7-8,19-20H2,1-3H3,(H,34,38). The van der Waals surface area contributed by atoms with Crippen molar-refractivity contribution >= 4 is 50.7 Å². The van der Waals surface area contributed by atoms with E-state index in [9.17, 15) is 18.0 Å². The van der Waals surface area contributed by atoms with E-state index in [2.05, 4.69) is 5.32 Å². The second-order valence-electron chi connectivity index (χ2n) is 10.6. The number of hydrogen-bond acceptors (Lipinski definition) is 4. The SMILES string of the molecule is Cc1ccc(CN(C(=O)CN(c2cccc(Cl)c2Cl)S(=O)(=O)c2ccc(C)cc2)C(C)C(=O)NC2CCCC2)cc1. The molecule has 1 atom stereocenters. The zero-order valence-corrected chi connectivity index (χ0v) is 25.8. The number of carbonyl (C=O) groups excluding carboxylic acids is 2. The van der Waals surface area contributed by atoms with Crippen molar-refractivity contribution in [3.05, 3.63) is 93.5 Å². The lowest BCUT2D eigenvalue weighted by atomic mass is 10.1. The third kappa shape index (κ3) is 7.42. The summed E-state index contributed by atoms with van der Waals surface area (Å²) >= 11 is 12.8. The van der Waals surface area contributed by atoms with Gasteiger partial charge in [0.25, 0.3) is 10.0 Å². The van der Waals surface area contributed by atoms with Crippen molar-refractivity contribution in [1.82, 2.24) is 10.2 Å². The smallest absolute Gasteiger partial charge is 0.264 e. The highest BCUT2D eigenvalue weighted by atomic mass is 35.5. The van der Waals surface area contributed by atoms with Crippen molar-refractivity contribution in [2.24, 2.45) is 0 Å². The molecule has 3 aromatic carbocycles. The van der Waals surface area contributed by atoms with Gasteiger partial charge in [0.05, 0.1) is 20.6 Å². The highest BCUT2D eigenvalue weighted by Gasteiger charge is 2.34. The number of aryl methyl sites for hydroxylation is 2. The Morgan fingerprint density at radius 3 is 2.12 bits per heavy atom. The topological polar surface area (TPSA) is 86.8 Å². The molecule has 0 aliphatic heterocycles. The number of sulfonamides is 1. The molecule has 10 heteroatoms. The number of benzene rings is 3. The van der Waals surface area contributed by atoms with Gasteiger partial charge in [-0.25, -0.2) is 8.42 Å². The third-order valence-electron chi connectivity index (χ3n) is 7.43. The first kappa shape index (κ1) is 30.9. The maximum atomic E-state index is 14.1. The van der Waals surface area contributed by atoms with Gasteiger partial charge in [-0.1, -0.05) is 89.6 Å². The molecule has 1 aliphatic carbocycles. The van der Waals surface area contributed by atoms with Gasteiger partial charge in [-0.05, 0) is 63.4 Å². The Labute approximate surface area is 252 Å². The number of amides is 2. The van der Waals surface area contributed by atoms with Crippen molar-refractivity contribution in [2.75, 3.05) is 10.8 Å². The molecule has 0 bridgehead atoms. The Morgan fingerprint density at radius 1 is 0.927 bits per heavy atom. The van der Waals surface area contributed by atoms with Gasteiger partial charge in [0, 0.05) is 12.6 Å². The fraction of sp³-hybridized carbons (Fsp3) is 0.355. The molecule has 3 aromatic rings. The summed E-state index contributed by atoms with van der Waals surface area (Å²) in [5.41, 5.74) is 2.84. The van der Waals surface area contributed by atoms with E-state index in [1.807, 2.05) is 38.1 Å². The zero-order valence-electron chi connectivity index (χ0n) is 23.4. The van der Waals surface area contributed by atoms with Crippen LogP contribution >= 0.6 is 23.2 Å². The molecule has 2 amide bonds. The molecular formula is C31H35Cl2N3O4S. The van der Waals surface area contributed by atoms with Crippen molar-refractivity contribution in [3.8, 4) is 0 Å². The van der Waals surface area contributed by atoms with Gasteiger partial charge in [-0.3, -0.25) is 13.9 Å². The second-order valence-corrected chi connectivity index (χ2v) is 13.2. The minimum atomic E-state index is -4.24. The van der Waals surface area contributed by atoms with Crippen LogP contribution in [0.25, 0.3) is 0 Å². The normalized spacial score (nSPS) is 14.5. The summed E-state index contributed by atoms with van der Waals surface area (Å²) in [6.45, 7) is 5.03. The van der Waals surface area contributed by atoms with E-state index < -0.39 is 28.5 Å². The number of anilines is 1. The van der Waals surface area contributed by atoms with E-state index in [-0.39, 0.29) is 39.1 Å². The highest BCUT2D eigenvalue weighted by Crippen LogP contribution is 2.35. The van der Waals surface area contributed by atoms with Crippen LogP contribution in [0.15, 0.2) is 71.6 Å². The third-order valence-corrected chi connectivity index (χ3v) is 10.0. The number of rotatable bonds is 10. The molecule has 7 nitrogen and oxygen atoms in total. The van der Waals surface area contributed by atoms with Crippen LogP contribution in [-0.2, 0) is 26.2 Å². The van der Waals surface area contributed by atoms with E-state index >= 15 is 0 Å². The molecule has 1 N–H and O–H groups in total.